The van der Waals surface area contributed by atoms with Gasteiger partial charge < -0.3 is 25.4 Å². The van der Waals surface area contributed by atoms with Crippen LogP contribution in [0.3, 0.4) is 0 Å². The lowest BCUT2D eigenvalue weighted by Gasteiger charge is -2.38. The van der Waals surface area contributed by atoms with Crippen molar-refractivity contribution in [2.24, 2.45) is 0 Å². The van der Waals surface area contributed by atoms with E-state index in [4.69, 9.17) is 15.2 Å². The number of nitrogens with two attached hydrogens (primary N) is 1. The van der Waals surface area contributed by atoms with E-state index < -0.39 is 17.5 Å². The molecule has 7 nitrogen and oxygen atoms in total. The average molecular weight is 377 g/mol. The highest BCUT2D eigenvalue weighted by atomic mass is 16.6. The number of benzene rings is 1. The summed E-state index contributed by atoms with van der Waals surface area (Å²) in [5.41, 5.74) is 6.83. The number of likely N-dealkylation sites (tertiary alicyclic amines) is 1. The third-order valence-corrected chi connectivity index (χ3v) is 5.12. The fraction of sp³-hybridized carbons (Fsp3) is 0.600. The maximum absolute atomic E-state index is 13.5. The lowest BCUT2D eigenvalue weighted by atomic mass is 9.75. The molecule has 0 radical (unpaired) electrons. The van der Waals surface area contributed by atoms with E-state index in [-0.39, 0.29) is 19.1 Å². The van der Waals surface area contributed by atoms with Crippen molar-refractivity contribution in [1.29, 1.82) is 0 Å². The molecule has 2 atom stereocenters. The van der Waals surface area contributed by atoms with Crippen LogP contribution in [-0.2, 0) is 24.5 Å². The first-order chi connectivity index (χ1) is 12.9. The second kappa shape index (κ2) is 9.08. The lowest BCUT2D eigenvalue weighted by Crippen LogP contribution is -2.55. The van der Waals surface area contributed by atoms with Gasteiger partial charge in [0.15, 0.2) is 6.10 Å². The number of nitrogens with zero attached hydrogens (tertiary/aromatic N) is 1. The molecule has 7 heteroatoms. The van der Waals surface area contributed by atoms with Gasteiger partial charge in [0.2, 0.25) is 5.91 Å². The molecule has 1 aromatic rings. The zero-order valence-electron chi connectivity index (χ0n) is 16.7. The van der Waals surface area contributed by atoms with E-state index in [1.54, 1.807) is 38.8 Å². The summed E-state index contributed by atoms with van der Waals surface area (Å²) in [6.45, 7) is 7.15. The number of rotatable bonds is 8. The molecule has 1 heterocycles. The Hall–Kier alpha value is -2.28. The van der Waals surface area contributed by atoms with Gasteiger partial charge in [-0.2, -0.15) is 0 Å². The quantitative estimate of drug-likeness (QED) is 0.533. The van der Waals surface area contributed by atoms with Crippen LogP contribution in [0.5, 0.6) is 0 Å². The highest BCUT2D eigenvalue weighted by molar-refractivity contribution is 5.95. The molecule has 0 spiro atoms. The van der Waals surface area contributed by atoms with Gasteiger partial charge in [0.1, 0.15) is 5.41 Å². The second-order valence-corrected chi connectivity index (χ2v) is 6.84. The Morgan fingerprint density at radius 1 is 1.26 bits per heavy atom. The highest BCUT2D eigenvalue weighted by Gasteiger charge is 2.50. The molecule has 0 saturated carbocycles. The molecule has 0 aliphatic carbocycles. The Morgan fingerprint density at radius 2 is 1.93 bits per heavy atom. The Balaban J connectivity index is 2.56. The zero-order chi connectivity index (χ0) is 20.0. The summed E-state index contributed by atoms with van der Waals surface area (Å²) in [7, 11) is 1.78. The fourth-order valence-electron chi connectivity index (χ4n) is 3.60. The Kier molecular flexibility index (Phi) is 7.07. The maximum Gasteiger partial charge on any atom is 0.336 e. The van der Waals surface area contributed by atoms with Crippen molar-refractivity contribution in [3.8, 4) is 0 Å². The Labute approximate surface area is 161 Å². The standard InChI is InChI=1S/C20H31N3O4/c1-5-26-17(18(24)27-6-2)20(3,19(25)23-11-7-8-12-23)14-9-10-16(22-4)15(21)13-14/h9-10,13,17,22H,5-8,11-12,21H2,1-4H3. The number of hydrogen-bond acceptors (Lipinski definition) is 6. The molecule has 1 aliphatic heterocycles. The molecule has 27 heavy (non-hydrogen) atoms. The molecule has 150 valence electrons. The van der Waals surface area contributed by atoms with Gasteiger partial charge in [0.25, 0.3) is 0 Å². The number of hydrogen-bond donors (Lipinski definition) is 2. The molecule has 1 aliphatic rings. The fourth-order valence-corrected chi connectivity index (χ4v) is 3.60. The van der Waals surface area contributed by atoms with Crippen LogP contribution in [0.1, 0.15) is 39.2 Å². The van der Waals surface area contributed by atoms with E-state index in [2.05, 4.69) is 5.32 Å². The van der Waals surface area contributed by atoms with Crippen LogP contribution in [-0.4, -0.2) is 56.2 Å². The number of carbonyl (C=O) groups excluding carboxylic acids is 2. The van der Waals surface area contributed by atoms with Crippen molar-refractivity contribution in [1.82, 2.24) is 4.90 Å². The van der Waals surface area contributed by atoms with Crippen LogP contribution in [0, 0.1) is 0 Å². The van der Waals surface area contributed by atoms with Crippen LogP contribution in [0.25, 0.3) is 0 Å². The first-order valence-electron chi connectivity index (χ1n) is 9.55. The Bertz CT molecular complexity index is 673. The Morgan fingerprint density at radius 3 is 2.44 bits per heavy atom. The monoisotopic (exact) mass is 377 g/mol. The largest absolute Gasteiger partial charge is 0.464 e. The van der Waals surface area contributed by atoms with Crippen molar-refractivity contribution in [3.05, 3.63) is 23.8 Å². The molecular weight excluding hydrogens is 346 g/mol. The second-order valence-electron chi connectivity index (χ2n) is 6.84. The molecule has 1 amide bonds. The number of nitrogens with one attached hydrogen (secondary N) is 1. The van der Waals surface area contributed by atoms with Gasteiger partial charge in [-0.1, -0.05) is 6.07 Å². The van der Waals surface area contributed by atoms with Gasteiger partial charge in [0, 0.05) is 26.7 Å². The van der Waals surface area contributed by atoms with Crippen molar-refractivity contribution < 1.29 is 19.1 Å². The molecule has 2 rings (SSSR count). The van der Waals surface area contributed by atoms with E-state index in [9.17, 15) is 9.59 Å². The molecule has 1 aromatic carbocycles. The van der Waals surface area contributed by atoms with Crippen molar-refractivity contribution in [2.75, 3.05) is 44.4 Å². The molecule has 1 fully saturated rings. The molecule has 0 aromatic heterocycles. The van der Waals surface area contributed by atoms with E-state index in [0.29, 0.717) is 24.3 Å². The van der Waals surface area contributed by atoms with E-state index >= 15 is 0 Å². The zero-order valence-corrected chi connectivity index (χ0v) is 16.7. The first-order valence-corrected chi connectivity index (χ1v) is 9.55. The average Bonchev–Trinajstić information content (AvgIpc) is 3.19. The topological polar surface area (TPSA) is 93.9 Å². The smallest absolute Gasteiger partial charge is 0.336 e. The normalized spacial score (nSPS) is 17.3. The van der Waals surface area contributed by atoms with Gasteiger partial charge in [-0.25, -0.2) is 4.79 Å². The number of ether oxygens (including phenoxy) is 2. The minimum Gasteiger partial charge on any atom is -0.464 e. The summed E-state index contributed by atoms with van der Waals surface area (Å²) in [5, 5.41) is 3.01. The van der Waals surface area contributed by atoms with Crippen molar-refractivity contribution in [3.63, 3.8) is 0 Å². The molecule has 2 unspecified atom stereocenters. The maximum atomic E-state index is 13.5. The molecule has 1 saturated heterocycles. The van der Waals surface area contributed by atoms with Crippen LogP contribution in [0.4, 0.5) is 11.4 Å². The first kappa shape index (κ1) is 21.0. The van der Waals surface area contributed by atoms with E-state index in [0.717, 1.165) is 18.5 Å². The van der Waals surface area contributed by atoms with Gasteiger partial charge in [-0.3, -0.25) is 4.79 Å². The van der Waals surface area contributed by atoms with Gasteiger partial charge in [0.05, 0.1) is 18.0 Å². The number of carbonyl (C=O) groups is 2. The van der Waals surface area contributed by atoms with Crippen molar-refractivity contribution in [2.45, 2.75) is 45.1 Å². The predicted molar refractivity (Wildman–Crippen MR) is 106 cm³/mol. The van der Waals surface area contributed by atoms with Gasteiger partial charge in [-0.05, 0) is 51.3 Å². The third kappa shape index (κ3) is 4.18. The summed E-state index contributed by atoms with van der Waals surface area (Å²) < 4.78 is 11.0. The molecule has 3 N–H and O–H groups in total. The summed E-state index contributed by atoms with van der Waals surface area (Å²) in [6, 6.07) is 5.38. The van der Waals surface area contributed by atoms with Crippen LogP contribution in [0.15, 0.2) is 18.2 Å². The third-order valence-electron chi connectivity index (χ3n) is 5.12. The number of amides is 1. The van der Waals surface area contributed by atoms with Crippen LogP contribution < -0.4 is 11.1 Å². The van der Waals surface area contributed by atoms with E-state index in [1.807, 2.05) is 12.1 Å². The summed E-state index contributed by atoms with van der Waals surface area (Å²) in [6.07, 6.45) is 0.873. The van der Waals surface area contributed by atoms with Crippen LogP contribution >= 0.6 is 0 Å². The van der Waals surface area contributed by atoms with Gasteiger partial charge >= 0.3 is 5.97 Å². The number of esters is 1. The number of anilines is 2. The minimum atomic E-state index is -1.23. The van der Waals surface area contributed by atoms with Gasteiger partial charge in [-0.15, -0.1) is 0 Å². The van der Waals surface area contributed by atoms with Crippen molar-refractivity contribution >= 4 is 23.3 Å². The SMILES string of the molecule is CCOC(=O)C(OCC)C(C)(C(=O)N1CCCC1)c1ccc(NC)c(N)c1. The molecular formula is C20H31N3O4. The predicted octanol–water partition coefficient (Wildman–Crippen LogP) is 2.16. The summed E-state index contributed by atoms with van der Waals surface area (Å²) >= 11 is 0. The molecule has 0 bridgehead atoms. The number of nitrogen functional groups attached to an aromatic ring is 1. The lowest BCUT2D eigenvalue weighted by molar-refractivity contribution is -0.167. The minimum absolute atomic E-state index is 0.136. The summed E-state index contributed by atoms with van der Waals surface area (Å²) in [5.74, 6) is -0.672. The van der Waals surface area contributed by atoms with Crippen LogP contribution in [0.2, 0.25) is 0 Å². The highest BCUT2D eigenvalue weighted by Crippen LogP contribution is 2.36. The van der Waals surface area contributed by atoms with E-state index in [1.165, 1.54) is 0 Å². The summed E-state index contributed by atoms with van der Waals surface area (Å²) in [4.78, 5) is 28.1.